The molecular formula is C10H19N3O5. The first-order valence-corrected chi connectivity index (χ1v) is 5.55. The van der Waals surface area contributed by atoms with E-state index in [2.05, 4.69) is 16.0 Å². The number of hydrogen-bond donors (Lipinski definition) is 5. The SMILES string of the molecule is CC(C)NC(=O)CCNC(=O)NC[C@H](O)C(=O)O. The number of amides is 3. The maximum atomic E-state index is 11.2. The number of aliphatic hydroxyl groups excluding tert-OH is 1. The van der Waals surface area contributed by atoms with Gasteiger partial charge in [-0.15, -0.1) is 0 Å². The molecule has 3 amide bonds. The van der Waals surface area contributed by atoms with Crippen LogP contribution in [-0.2, 0) is 9.59 Å². The van der Waals surface area contributed by atoms with Crippen molar-refractivity contribution < 1.29 is 24.6 Å². The summed E-state index contributed by atoms with van der Waals surface area (Å²) in [5.74, 6) is -1.59. The Kier molecular flexibility index (Phi) is 7.45. The Balaban J connectivity index is 3.65. The Hall–Kier alpha value is -1.83. The number of carboxylic acids is 1. The Morgan fingerprint density at radius 3 is 2.28 bits per heavy atom. The molecule has 0 aliphatic rings. The lowest BCUT2D eigenvalue weighted by molar-refractivity contribution is -0.146. The van der Waals surface area contributed by atoms with Gasteiger partial charge < -0.3 is 26.2 Å². The average Bonchev–Trinajstić information content (AvgIpc) is 2.24. The van der Waals surface area contributed by atoms with Gasteiger partial charge in [0.1, 0.15) is 0 Å². The molecule has 0 bridgehead atoms. The zero-order chi connectivity index (χ0) is 14.1. The minimum atomic E-state index is -1.64. The summed E-state index contributed by atoms with van der Waals surface area (Å²) in [5.41, 5.74) is 0. The van der Waals surface area contributed by atoms with Gasteiger partial charge in [-0.3, -0.25) is 4.79 Å². The van der Waals surface area contributed by atoms with Crippen molar-refractivity contribution >= 4 is 17.9 Å². The highest BCUT2D eigenvalue weighted by Gasteiger charge is 2.13. The van der Waals surface area contributed by atoms with E-state index in [0.717, 1.165) is 0 Å². The molecular weight excluding hydrogens is 242 g/mol. The summed E-state index contributed by atoms with van der Waals surface area (Å²) < 4.78 is 0. The van der Waals surface area contributed by atoms with Gasteiger partial charge in [-0.1, -0.05) is 0 Å². The molecule has 0 unspecified atom stereocenters. The summed E-state index contributed by atoms with van der Waals surface area (Å²) in [5, 5.41) is 24.4. The van der Waals surface area contributed by atoms with Crippen molar-refractivity contribution in [2.24, 2.45) is 0 Å². The van der Waals surface area contributed by atoms with Gasteiger partial charge in [0.05, 0.1) is 6.54 Å². The predicted molar refractivity (Wildman–Crippen MR) is 62.9 cm³/mol. The summed E-state index contributed by atoms with van der Waals surface area (Å²) in [6.07, 6.45) is -1.51. The van der Waals surface area contributed by atoms with E-state index in [-0.39, 0.29) is 31.5 Å². The molecule has 1 atom stereocenters. The van der Waals surface area contributed by atoms with Crippen molar-refractivity contribution in [2.75, 3.05) is 13.1 Å². The highest BCUT2D eigenvalue weighted by molar-refractivity contribution is 5.79. The van der Waals surface area contributed by atoms with Crippen molar-refractivity contribution in [3.05, 3.63) is 0 Å². The van der Waals surface area contributed by atoms with Crippen LogP contribution in [0.5, 0.6) is 0 Å². The molecule has 0 fully saturated rings. The number of rotatable bonds is 7. The maximum absolute atomic E-state index is 11.2. The molecule has 0 saturated carbocycles. The standard InChI is InChI=1S/C10H19N3O5/c1-6(2)13-8(15)3-4-11-10(18)12-5-7(14)9(16)17/h6-7,14H,3-5H2,1-2H3,(H,13,15)(H,16,17)(H2,11,12,18)/t7-/m0/s1. The van der Waals surface area contributed by atoms with Crippen LogP contribution in [0.15, 0.2) is 0 Å². The van der Waals surface area contributed by atoms with Crippen LogP contribution in [0.2, 0.25) is 0 Å². The monoisotopic (exact) mass is 261 g/mol. The summed E-state index contributed by atoms with van der Waals surface area (Å²) in [7, 11) is 0. The Labute approximate surface area is 105 Å². The van der Waals surface area contributed by atoms with Crippen LogP contribution < -0.4 is 16.0 Å². The first-order valence-electron chi connectivity index (χ1n) is 5.55. The van der Waals surface area contributed by atoms with Crippen LogP contribution in [0.25, 0.3) is 0 Å². The first kappa shape index (κ1) is 16.2. The molecule has 0 aliphatic heterocycles. The Bertz CT molecular complexity index is 306. The van der Waals surface area contributed by atoms with Crippen LogP contribution in [-0.4, -0.2) is 53.4 Å². The topological polar surface area (TPSA) is 128 Å². The van der Waals surface area contributed by atoms with E-state index >= 15 is 0 Å². The summed E-state index contributed by atoms with van der Waals surface area (Å²) in [4.78, 5) is 32.5. The molecule has 0 aliphatic carbocycles. The molecule has 0 heterocycles. The molecule has 0 aromatic heterocycles. The second-order valence-electron chi connectivity index (χ2n) is 3.96. The van der Waals surface area contributed by atoms with Crippen molar-refractivity contribution in [1.29, 1.82) is 0 Å². The van der Waals surface area contributed by atoms with Crippen LogP contribution in [0.1, 0.15) is 20.3 Å². The number of hydrogen-bond acceptors (Lipinski definition) is 4. The van der Waals surface area contributed by atoms with Gasteiger partial charge in [0.15, 0.2) is 6.10 Å². The van der Waals surface area contributed by atoms with E-state index in [1.165, 1.54) is 0 Å². The smallest absolute Gasteiger partial charge is 0.334 e. The molecule has 104 valence electrons. The molecule has 0 radical (unpaired) electrons. The fourth-order valence-electron chi connectivity index (χ4n) is 1.02. The fourth-order valence-corrected chi connectivity index (χ4v) is 1.02. The largest absolute Gasteiger partial charge is 0.479 e. The molecule has 0 aromatic carbocycles. The minimum Gasteiger partial charge on any atom is -0.479 e. The van der Waals surface area contributed by atoms with E-state index < -0.39 is 18.1 Å². The van der Waals surface area contributed by atoms with Crippen molar-refractivity contribution in [3.63, 3.8) is 0 Å². The van der Waals surface area contributed by atoms with Crippen molar-refractivity contribution in [3.8, 4) is 0 Å². The number of aliphatic carboxylic acids is 1. The number of aliphatic hydroxyl groups is 1. The molecule has 5 N–H and O–H groups in total. The van der Waals surface area contributed by atoms with E-state index in [1.807, 2.05) is 13.8 Å². The van der Waals surface area contributed by atoms with Gasteiger partial charge in [0, 0.05) is 19.0 Å². The number of carbonyl (C=O) groups is 3. The van der Waals surface area contributed by atoms with Gasteiger partial charge >= 0.3 is 12.0 Å². The Morgan fingerprint density at radius 1 is 1.17 bits per heavy atom. The summed E-state index contributed by atoms with van der Waals surface area (Å²) >= 11 is 0. The predicted octanol–water partition coefficient (Wildman–Crippen LogP) is -1.35. The van der Waals surface area contributed by atoms with Crippen LogP contribution in [0.3, 0.4) is 0 Å². The molecule has 0 spiro atoms. The fraction of sp³-hybridized carbons (Fsp3) is 0.700. The number of carbonyl (C=O) groups excluding carboxylic acids is 2. The molecule has 0 aromatic rings. The summed E-state index contributed by atoms with van der Waals surface area (Å²) in [6, 6.07) is -0.593. The van der Waals surface area contributed by atoms with E-state index in [9.17, 15) is 14.4 Å². The molecule has 0 rings (SSSR count). The van der Waals surface area contributed by atoms with Crippen LogP contribution >= 0.6 is 0 Å². The molecule has 18 heavy (non-hydrogen) atoms. The van der Waals surface area contributed by atoms with E-state index in [0.29, 0.717) is 0 Å². The van der Waals surface area contributed by atoms with Gasteiger partial charge in [-0.05, 0) is 13.8 Å². The number of nitrogens with one attached hydrogen (secondary N) is 3. The molecule has 8 heteroatoms. The van der Waals surface area contributed by atoms with Gasteiger partial charge in [-0.2, -0.15) is 0 Å². The Morgan fingerprint density at radius 2 is 1.78 bits per heavy atom. The third-order valence-electron chi connectivity index (χ3n) is 1.83. The van der Waals surface area contributed by atoms with Crippen molar-refractivity contribution in [2.45, 2.75) is 32.4 Å². The zero-order valence-corrected chi connectivity index (χ0v) is 10.4. The summed E-state index contributed by atoms with van der Waals surface area (Å²) in [6.45, 7) is 3.39. The third-order valence-corrected chi connectivity index (χ3v) is 1.83. The third kappa shape index (κ3) is 8.34. The average molecular weight is 261 g/mol. The highest BCUT2D eigenvalue weighted by Crippen LogP contribution is 1.83. The van der Waals surface area contributed by atoms with Gasteiger partial charge in [-0.25, -0.2) is 9.59 Å². The minimum absolute atomic E-state index is 0.0389. The second-order valence-corrected chi connectivity index (χ2v) is 3.96. The van der Waals surface area contributed by atoms with Gasteiger partial charge in [0.2, 0.25) is 5.91 Å². The quantitative estimate of drug-likeness (QED) is 0.387. The molecule has 8 nitrogen and oxygen atoms in total. The van der Waals surface area contributed by atoms with Crippen molar-refractivity contribution in [1.82, 2.24) is 16.0 Å². The second kappa shape index (κ2) is 8.29. The normalized spacial score (nSPS) is 11.8. The van der Waals surface area contributed by atoms with Gasteiger partial charge in [0.25, 0.3) is 0 Å². The van der Waals surface area contributed by atoms with Crippen LogP contribution in [0.4, 0.5) is 4.79 Å². The molecule has 0 saturated heterocycles. The maximum Gasteiger partial charge on any atom is 0.334 e. The van der Waals surface area contributed by atoms with E-state index in [1.54, 1.807) is 0 Å². The first-order chi connectivity index (χ1) is 8.32. The zero-order valence-electron chi connectivity index (χ0n) is 10.4. The number of urea groups is 1. The van der Waals surface area contributed by atoms with Crippen LogP contribution in [0, 0.1) is 0 Å². The van der Waals surface area contributed by atoms with E-state index in [4.69, 9.17) is 10.2 Å². The lowest BCUT2D eigenvalue weighted by Gasteiger charge is -2.10. The lowest BCUT2D eigenvalue weighted by atomic mass is 10.3. The highest BCUT2D eigenvalue weighted by atomic mass is 16.4. The number of carboxylic acid groups (broad SMARTS) is 1. The lowest BCUT2D eigenvalue weighted by Crippen LogP contribution is -2.43.